The van der Waals surface area contributed by atoms with Gasteiger partial charge in [-0.3, -0.25) is 4.90 Å². The summed E-state index contributed by atoms with van der Waals surface area (Å²) in [5, 5.41) is 17.7. The van der Waals surface area contributed by atoms with E-state index in [1.165, 1.54) is 22.3 Å². The average Bonchev–Trinajstić information content (AvgIpc) is 3.12. The van der Waals surface area contributed by atoms with Crippen LogP contribution in [0.15, 0.2) is 10.7 Å². The van der Waals surface area contributed by atoms with Crippen molar-refractivity contribution in [2.24, 2.45) is 0 Å². The zero-order chi connectivity index (χ0) is 16.6. The maximum absolute atomic E-state index is 9.67. The van der Waals surface area contributed by atoms with Gasteiger partial charge in [-0.2, -0.15) is 0 Å². The molecule has 0 bridgehead atoms. The van der Waals surface area contributed by atoms with E-state index in [1.807, 2.05) is 6.92 Å². The van der Waals surface area contributed by atoms with E-state index in [9.17, 15) is 5.11 Å². The molecule has 1 aromatic heterocycles. The zero-order valence-corrected chi connectivity index (χ0v) is 14.4. The van der Waals surface area contributed by atoms with Gasteiger partial charge in [0.1, 0.15) is 11.4 Å². The quantitative estimate of drug-likeness (QED) is 0.939. The summed E-state index contributed by atoms with van der Waals surface area (Å²) < 4.78 is 4.90. The number of aliphatic hydroxyl groups excluding tert-OH is 1. The highest BCUT2D eigenvalue weighted by Crippen LogP contribution is 2.35. The summed E-state index contributed by atoms with van der Waals surface area (Å²) in [5.74, 6) is 0. The Bertz CT molecular complexity index is 709. The Morgan fingerprint density at radius 2 is 1.91 bits per heavy atom. The molecule has 5 heteroatoms. The van der Waals surface area contributed by atoms with E-state index in [1.54, 1.807) is 0 Å². The summed E-state index contributed by atoms with van der Waals surface area (Å²) >= 11 is 0. The Morgan fingerprint density at radius 1 is 1.17 bits per heavy atom. The van der Waals surface area contributed by atoms with Crippen molar-refractivity contribution in [3.63, 3.8) is 0 Å². The molecule has 0 unspecified atom stereocenters. The van der Waals surface area contributed by atoms with Crippen LogP contribution in [0.1, 0.15) is 58.1 Å². The second-order valence-corrected chi connectivity index (χ2v) is 6.61. The molecule has 0 radical (unpaired) electrons. The first kappa shape index (κ1) is 16.1. The molecule has 1 fully saturated rings. The van der Waals surface area contributed by atoms with Crippen LogP contribution in [0, 0.1) is 27.7 Å². The lowest BCUT2D eigenvalue weighted by molar-refractivity contribution is 0.230. The topological polar surface area (TPSA) is 62.4 Å². The summed E-state index contributed by atoms with van der Waals surface area (Å²) in [6.45, 7) is 10.3. The molecule has 2 heterocycles. The van der Waals surface area contributed by atoms with Crippen LogP contribution >= 0.6 is 0 Å². The van der Waals surface area contributed by atoms with Crippen LogP contribution in [-0.2, 0) is 13.2 Å². The van der Waals surface area contributed by atoms with Crippen molar-refractivity contribution in [1.82, 2.24) is 15.2 Å². The molecule has 0 spiro atoms. The van der Waals surface area contributed by atoms with Gasteiger partial charge in [-0.15, -0.1) is 0 Å². The molecule has 23 heavy (non-hydrogen) atoms. The first-order valence-electron chi connectivity index (χ1n) is 8.25. The van der Waals surface area contributed by atoms with Gasteiger partial charge in [-0.05, 0) is 74.9 Å². The monoisotopic (exact) mass is 315 g/mol. The maximum atomic E-state index is 9.67. The van der Waals surface area contributed by atoms with Crippen LogP contribution in [0.4, 0.5) is 0 Å². The minimum atomic E-state index is 0.0979. The number of aryl methyl sites for hydroxylation is 3. The Balaban J connectivity index is 1.91. The summed E-state index contributed by atoms with van der Waals surface area (Å²) in [6.07, 6.45) is 2.25. The highest BCUT2D eigenvalue weighted by atomic mass is 16.6. The SMILES string of the molecule is Cc1cc(C)c(CN2CCC[C@@H]2c2nonc2C)c(C)c1CO. The number of rotatable bonds is 4. The Morgan fingerprint density at radius 3 is 2.57 bits per heavy atom. The molecule has 1 atom stereocenters. The predicted octanol–water partition coefficient (Wildman–Crippen LogP) is 3.13. The van der Waals surface area contributed by atoms with Crippen LogP contribution in [0.2, 0.25) is 0 Å². The van der Waals surface area contributed by atoms with Crippen molar-refractivity contribution >= 4 is 0 Å². The van der Waals surface area contributed by atoms with E-state index >= 15 is 0 Å². The zero-order valence-electron chi connectivity index (χ0n) is 14.4. The van der Waals surface area contributed by atoms with Gasteiger partial charge in [0.05, 0.1) is 12.6 Å². The number of aliphatic hydroxyl groups is 1. The molecule has 1 aliphatic rings. The lowest BCUT2D eigenvalue weighted by Gasteiger charge is -2.26. The lowest BCUT2D eigenvalue weighted by Crippen LogP contribution is -2.25. The van der Waals surface area contributed by atoms with Crippen LogP contribution in [0.25, 0.3) is 0 Å². The fourth-order valence-electron chi connectivity index (χ4n) is 3.83. The second-order valence-electron chi connectivity index (χ2n) is 6.61. The van der Waals surface area contributed by atoms with Crippen molar-refractivity contribution in [2.45, 2.75) is 59.7 Å². The van der Waals surface area contributed by atoms with E-state index in [2.05, 4.69) is 42.1 Å². The molecule has 124 valence electrons. The first-order chi connectivity index (χ1) is 11.0. The fraction of sp³-hybridized carbons (Fsp3) is 0.556. The predicted molar refractivity (Wildman–Crippen MR) is 88.0 cm³/mol. The third-order valence-corrected chi connectivity index (χ3v) is 5.18. The van der Waals surface area contributed by atoms with Crippen molar-refractivity contribution in [3.8, 4) is 0 Å². The first-order valence-corrected chi connectivity index (χ1v) is 8.25. The minimum Gasteiger partial charge on any atom is -0.392 e. The Hall–Kier alpha value is -1.72. The van der Waals surface area contributed by atoms with E-state index in [0.29, 0.717) is 0 Å². The largest absolute Gasteiger partial charge is 0.392 e. The molecule has 1 aromatic carbocycles. The third-order valence-electron chi connectivity index (χ3n) is 5.18. The second kappa shape index (κ2) is 6.42. The molecule has 1 N–H and O–H groups in total. The third kappa shape index (κ3) is 2.91. The number of nitrogens with zero attached hydrogens (tertiary/aromatic N) is 3. The molecular formula is C18H25N3O2. The number of benzene rings is 1. The van der Waals surface area contributed by atoms with Gasteiger partial charge < -0.3 is 5.11 Å². The molecule has 1 saturated heterocycles. The van der Waals surface area contributed by atoms with Crippen LogP contribution in [0.3, 0.4) is 0 Å². The molecule has 0 saturated carbocycles. The molecule has 1 aliphatic heterocycles. The summed E-state index contributed by atoms with van der Waals surface area (Å²) in [7, 11) is 0. The molecule has 2 aromatic rings. The van der Waals surface area contributed by atoms with Crippen molar-refractivity contribution in [2.75, 3.05) is 6.54 Å². The van der Waals surface area contributed by atoms with Crippen LogP contribution < -0.4 is 0 Å². The smallest absolute Gasteiger partial charge is 0.125 e. The van der Waals surface area contributed by atoms with Gasteiger partial charge in [0, 0.05) is 6.54 Å². The minimum absolute atomic E-state index is 0.0979. The maximum Gasteiger partial charge on any atom is 0.125 e. The van der Waals surface area contributed by atoms with Gasteiger partial charge in [0.2, 0.25) is 0 Å². The van der Waals surface area contributed by atoms with E-state index in [0.717, 1.165) is 42.9 Å². The summed E-state index contributed by atoms with van der Waals surface area (Å²) in [5.41, 5.74) is 7.90. The molecular weight excluding hydrogens is 290 g/mol. The number of likely N-dealkylation sites (tertiary alicyclic amines) is 1. The van der Waals surface area contributed by atoms with Crippen LogP contribution in [0.5, 0.6) is 0 Å². The number of hydrogen-bond acceptors (Lipinski definition) is 5. The Kier molecular flexibility index (Phi) is 4.50. The van der Waals surface area contributed by atoms with E-state index in [4.69, 9.17) is 4.63 Å². The van der Waals surface area contributed by atoms with E-state index in [-0.39, 0.29) is 12.6 Å². The highest BCUT2D eigenvalue weighted by Gasteiger charge is 2.31. The standard InChI is InChI=1S/C18H25N3O2/c1-11-8-12(2)16(10-22)13(3)15(11)9-21-7-5-6-17(21)18-14(4)19-23-20-18/h8,17,22H,5-7,9-10H2,1-4H3/t17-/m1/s1. The normalized spacial score (nSPS) is 18.7. The average molecular weight is 315 g/mol. The number of hydrogen-bond donors (Lipinski definition) is 1. The van der Waals surface area contributed by atoms with Gasteiger partial charge in [-0.1, -0.05) is 16.4 Å². The van der Waals surface area contributed by atoms with E-state index < -0.39 is 0 Å². The number of aromatic nitrogens is 2. The van der Waals surface area contributed by atoms with Crippen LogP contribution in [-0.4, -0.2) is 26.9 Å². The molecule has 0 aliphatic carbocycles. The fourth-order valence-corrected chi connectivity index (χ4v) is 3.83. The summed E-state index contributed by atoms with van der Waals surface area (Å²) in [6, 6.07) is 2.46. The van der Waals surface area contributed by atoms with Crippen molar-refractivity contribution in [3.05, 3.63) is 45.3 Å². The van der Waals surface area contributed by atoms with Gasteiger partial charge in [0.25, 0.3) is 0 Å². The van der Waals surface area contributed by atoms with Gasteiger partial charge in [0.15, 0.2) is 0 Å². The molecule has 5 nitrogen and oxygen atoms in total. The molecule has 3 rings (SSSR count). The summed E-state index contributed by atoms with van der Waals surface area (Å²) in [4.78, 5) is 2.46. The van der Waals surface area contributed by atoms with Gasteiger partial charge >= 0.3 is 0 Å². The van der Waals surface area contributed by atoms with Gasteiger partial charge in [-0.25, -0.2) is 4.63 Å². The molecule has 0 amide bonds. The highest BCUT2D eigenvalue weighted by molar-refractivity contribution is 5.44. The Labute approximate surface area is 137 Å². The van der Waals surface area contributed by atoms with Crippen molar-refractivity contribution < 1.29 is 9.74 Å². The lowest BCUT2D eigenvalue weighted by atomic mass is 9.93. The van der Waals surface area contributed by atoms with Crippen molar-refractivity contribution in [1.29, 1.82) is 0 Å².